The largest absolute Gasteiger partial charge is 0.372 e. The van der Waals surface area contributed by atoms with E-state index in [2.05, 4.69) is 18.7 Å². The summed E-state index contributed by atoms with van der Waals surface area (Å²) in [6, 6.07) is 6.78. The van der Waals surface area contributed by atoms with E-state index in [9.17, 15) is 13.2 Å². The van der Waals surface area contributed by atoms with Crippen LogP contribution in [0, 0.1) is 0 Å². The lowest BCUT2D eigenvalue weighted by Gasteiger charge is -2.26. The lowest BCUT2D eigenvalue weighted by molar-refractivity contribution is -0.128. The van der Waals surface area contributed by atoms with Crippen molar-refractivity contribution in [3.63, 3.8) is 0 Å². The number of anilines is 1. The third-order valence-electron chi connectivity index (χ3n) is 3.83. The van der Waals surface area contributed by atoms with Gasteiger partial charge in [0, 0.05) is 31.7 Å². The molecule has 5 nitrogen and oxygen atoms in total. The van der Waals surface area contributed by atoms with Crippen LogP contribution in [0.3, 0.4) is 0 Å². The second-order valence-electron chi connectivity index (χ2n) is 5.09. The highest BCUT2D eigenvalue weighted by atomic mass is 32.2. The van der Waals surface area contributed by atoms with E-state index in [1.54, 1.807) is 24.3 Å². The SMILES string of the molecule is CCN(CC)c1ccc(S(=O)(=O)N2CCCCC2=O)cc1. The number of hydrogen-bond acceptors (Lipinski definition) is 4. The van der Waals surface area contributed by atoms with Crippen molar-refractivity contribution in [3.05, 3.63) is 24.3 Å². The highest BCUT2D eigenvalue weighted by Gasteiger charge is 2.30. The predicted octanol–water partition coefficient (Wildman–Crippen LogP) is 2.23. The van der Waals surface area contributed by atoms with Crippen LogP contribution in [0.25, 0.3) is 0 Å². The van der Waals surface area contributed by atoms with Gasteiger partial charge in [-0.05, 0) is 51.0 Å². The highest BCUT2D eigenvalue weighted by Crippen LogP contribution is 2.23. The Morgan fingerprint density at radius 3 is 2.24 bits per heavy atom. The van der Waals surface area contributed by atoms with Crippen molar-refractivity contribution in [1.29, 1.82) is 0 Å². The molecule has 0 N–H and O–H groups in total. The van der Waals surface area contributed by atoms with Crippen LogP contribution < -0.4 is 4.90 Å². The van der Waals surface area contributed by atoms with Gasteiger partial charge in [-0.1, -0.05) is 0 Å². The molecule has 0 saturated carbocycles. The smallest absolute Gasteiger partial charge is 0.266 e. The fourth-order valence-corrected chi connectivity index (χ4v) is 4.04. The van der Waals surface area contributed by atoms with Crippen molar-refractivity contribution < 1.29 is 13.2 Å². The molecule has 0 aliphatic carbocycles. The summed E-state index contributed by atoms with van der Waals surface area (Å²) < 4.78 is 26.0. The topological polar surface area (TPSA) is 57.7 Å². The molecule has 0 aromatic heterocycles. The van der Waals surface area contributed by atoms with E-state index in [1.165, 1.54) is 0 Å². The van der Waals surface area contributed by atoms with Crippen LogP contribution in [-0.4, -0.2) is 38.3 Å². The van der Waals surface area contributed by atoms with E-state index in [1.807, 2.05) is 0 Å². The number of carbonyl (C=O) groups excluding carboxylic acids is 1. The Bertz CT molecular complexity index is 592. The Balaban J connectivity index is 2.26. The molecule has 0 bridgehead atoms. The summed E-state index contributed by atoms with van der Waals surface area (Å²) in [6.07, 6.45) is 1.82. The predicted molar refractivity (Wildman–Crippen MR) is 82.8 cm³/mol. The van der Waals surface area contributed by atoms with Crippen molar-refractivity contribution in [3.8, 4) is 0 Å². The zero-order valence-corrected chi connectivity index (χ0v) is 13.4. The fourth-order valence-electron chi connectivity index (χ4n) is 2.58. The number of hydrogen-bond donors (Lipinski definition) is 0. The second kappa shape index (κ2) is 6.47. The first-order chi connectivity index (χ1) is 10.0. The summed E-state index contributed by atoms with van der Waals surface area (Å²) in [5.74, 6) is -0.297. The molecule has 1 aliphatic heterocycles. The van der Waals surface area contributed by atoms with E-state index >= 15 is 0 Å². The average molecular weight is 310 g/mol. The molecule has 1 amide bonds. The van der Waals surface area contributed by atoms with E-state index in [4.69, 9.17) is 0 Å². The first kappa shape index (κ1) is 15.8. The zero-order valence-electron chi connectivity index (χ0n) is 12.6. The van der Waals surface area contributed by atoms with Gasteiger partial charge < -0.3 is 4.90 Å². The molecule has 0 spiro atoms. The van der Waals surface area contributed by atoms with Crippen molar-refractivity contribution in [2.75, 3.05) is 24.5 Å². The lowest BCUT2D eigenvalue weighted by Crippen LogP contribution is -2.40. The fraction of sp³-hybridized carbons (Fsp3) is 0.533. The maximum absolute atomic E-state index is 12.5. The normalized spacial score (nSPS) is 16.1. The monoisotopic (exact) mass is 310 g/mol. The molecular formula is C15H22N2O3S. The third kappa shape index (κ3) is 3.20. The molecule has 1 aromatic carbocycles. The Hall–Kier alpha value is -1.56. The Labute approximate surface area is 126 Å². The van der Waals surface area contributed by atoms with E-state index in [0.29, 0.717) is 13.0 Å². The number of nitrogens with zero attached hydrogens (tertiary/aromatic N) is 2. The first-order valence-corrected chi connectivity index (χ1v) is 8.85. The van der Waals surface area contributed by atoms with Crippen LogP contribution in [-0.2, 0) is 14.8 Å². The van der Waals surface area contributed by atoms with Gasteiger partial charge in [0.15, 0.2) is 0 Å². The number of amides is 1. The molecule has 21 heavy (non-hydrogen) atoms. The molecule has 1 fully saturated rings. The Morgan fingerprint density at radius 1 is 1.10 bits per heavy atom. The van der Waals surface area contributed by atoms with Crippen LogP contribution in [0.4, 0.5) is 5.69 Å². The van der Waals surface area contributed by atoms with Crippen molar-refractivity contribution >= 4 is 21.6 Å². The van der Waals surface area contributed by atoms with Crippen LogP contribution >= 0.6 is 0 Å². The number of carbonyl (C=O) groups is 1. The lowest BCUT2D eigenvalue weighted by atomic mass is 10.2. The maximum Gasteiger partial charge on any atom is 0.266 e. The molecule has 1 aliphatic rings. The number of sulfonamides is 1. The summed E-state index contributed by atoms with van der Waals surface area (Å²) in [5, 5.41) is 0. The molecule has 1 saturated heterocycles. The molecule has 2 rings (SSSR count). The van der Waals surface area contributed by atoms with Crippen molar-refractivity contribution in [2.45, 2.75) is 38.0 Å². The van der Waals surface area contributed by atoms with Gasteiger partial charge >= 0.3 is 0 Å². The van der Waals surface area contributed by atoms with E-state index in [0.717, 1.165) is 35.9 Å². The van der Waals surface area contributed by atoms with Gasteiger partial charge in [-0.3, -0.25) is 4.79 Å². The molecule has 0 unspecified atom stereocenters. The number of rotatable bonds is 5. The zero-order chi connectivity index (χ0) is 15.5. The van der Waals surface area contributed by atoms with E-state index < -0.39 is 10.0 Å². The standard InChI is InChI=1S/C15H22N2O3S/c1-3-16(4-2)13-8-10-14(11-9-13)21(19,20)17-12-6-5-7-15(17)18/h8-11H,3-7,12H2,1-2H3. The minimum Gasteiger partial charge on any atom is -0.372 e. The maximum atomic E-state index is 12.5. The molecule has 0 radical (unpaired) electrons. The van der Waals surface area contributed by atoms with Crippen LogP contribution in [0.15, 0.2) is 29.2 Å². The van der Waals surface area contributed by atoms with Gasteiger partial charge in [-0.2, -0.15) is 0 Å². The van der Waals surface area contributed by atoms with Crippen LogP contribution in [0.1, 0.15) is 33.1 Å². The summed E-state index contributed by atoms with van der Waals surface area (Å²) in [6.45, 7) is 6.14. The average Bonchev–Trinajstić information content (AvgIpc) is 2.49. The minimum atomic E-state index is -3.70. The van der Waals surface area contributed by atoms with E-state index in [-0.39, 0.29) is 10.8 Å². The van der Waals surface area contributed by atoms with Gasteiger partial charge in [0.25, 0.3) is 10.0 Å². The molecular weight excluding hydrogens is 288 g/mol. The second-order valence-corrected chi connectivity index (χ2v) is 6.96. The van der Waals surface area contributed by atoms with Gasteiger partial charge in [0.1, 0.15) is 0 Å². The van der Waals surface area contributed by atoms with Crippen LogP contribution in [0.2, 0.25) is 0 Å². The highest BCUT2D eigenvalue weighted by molar-refractivity contribution is 7.89. The molecule has 1 heterocycles. The Kier molecular flexibility index (Phi) is 4.88. The molecule has 0 atom stereocenters. The van der Waals surface area contributed by atoms with Gasteiger partial charge in [0.2, 0.25) is 5.91 Å². The van der Waals surface area contributed by atoms with Crippen molar-refractivity contribution in [2.24, 2.45) is 0 Å². The number of benzene rings is 1. The summed E-state index contributed by atoms with van der Waals surface area (Å²) in [7, 11) is -3.70. The Morgan fingerprint density at radius 2 is 1.71 bits per heavy atom. The van der Waals surface area contributed by atoms with Crippen LogP contribution in [0.5, 0.6) is 0 Å². The van der Waals surface area contributed by atoms with Gasteiger partial charge in [-0.25, -0.2) is 12.7 Å². The molecule has 116 valence electrons. The quantitative estimate of drug-likeness (QED) is 0.837. The first-order valence-electron chi connectivity index (χ1n) is 7.41. The van der Waals surface area contributed by atoms with Gasteiger partial charge in [-0.15, -0.1) is 0 Å². The summed E-state index contributed by atoms with van der Waals surface area (Å²) in [4.78, 5) is 14.2. The molecule has 6 heteroatoms. The minimum absolute atomic E-state index is 0.189. The summed E-state index contributed by atoms with van der Waals surface area (Å²) in [5.41, 5.74) is 0.990. The molecule has 1 aromatic rings. The summed E-state index contributed by atoms with van der Waals surface area (Å²) >= 11 is 0. The van der Waals surface area contributed by atoms with Gasteiger partial charge in [0.05, 0.1) is 4.90 Å². The third-order valence-corrected chi connectivity index (χ3v) is 5.67. The number of piperidine rings is 1. The van der Waals surface area contributed by atoms with Crippen molar-refractivity contribution in [1.82, 2.24) is 4.31 Å².